The molecule has 1 amide bonds. The Morgan fingerprint density at radius 1 is 1.33 bits per heavy atom. The first-order valence-corrected chi connectivity index (χ1v) is 7.86. The van der Waals surface area contributed by atoms with Crippen molar-refractivity contribution in [2.45, 2.75) is 38.3 Å². The van der Waals surface area contributed by atoms with E-state index in [1.165, 1.54) is 12.8 Å². The van der Waals surface area contributed by atoms with E-state index >= 15 is 0 Å². The molecule has 0 spiro atoms. The smallest absolute Gasteiger partial charge is 0.231 e. The Morgan fingerprint density at radius 2 is 2.00 bits per heavy atom. The summed E-state index contributed by atoms with van der Waals surface area (Å²) in [6.07, 6.45) is 4.62. The molecule has 1 aliphatic rings. The van der Waals surface area contributed by atoms with Crippen molar-refractivity contribution in [2.75, 3.05) is 6.54 Å². The van der Waals surface area contributed by atoms with Crippen molar-refractivity contribution in [3.8, 4) is 0 Å². The van der Waals surface area contributed by atoms with E-state index in [0.29, 0.717) is 22.6 Å². The molecule has 1 aliphatic carbocycles. The van der Waals surface area contributed by atoms with E-state index in [4.69, 9.17) is 35.3 Å². The van der Waals surface area contributed by atoms with Gasteiger partial charge in [0.25, 0.3) is 0 Å². The maximum Gasteiger partial charge on any atom is 0.231 e. The average Bonchev–Trinajstić information content (AvgIpc) is 2.93. The Balaban J connectivity index is 2.15. The Hall–Kier alpha value is -1.17. The minimum atomic E-state index is -0.308. The van der Waals surface area contributed by atoms with E-state index in [9.17, 15) is 4.79 Å². The van der Waals surface area contributed by atoms with Crippen molar-refractivity contribution < 1.29 is 4.79 Å². The minimum Gasteiger partial charge on any atom is -0.389 e. The number of hydrogen-bond donors (Lipinski definition) is 2. The standard InChI is InChI=1S/C15H20ClN3OS/c16-13-7-10(15(18)21)5-6-11(13)8-19(9-14(17)20)12-3-1-2-4-12/h5-7,12H,1-4,8-9H2,(H2,17,20)(H2,18,21). The summed E-state index contributed by atoms with van der Waals surface area (Å²) in [6, 6.07) is 5.96. The van der Waals surface area contributed by atoms with Gasteiger partial charge in [-0.3, -0.25) is 9.69 Å². The van der Waals surface area contributed by atoms with Gasteiger partial charge in [0.2, 0.25) is 5.91 Å². The zero-order chi connectivity index (χ0) is 15.4. The summed E-state index contributed by atoms with van der Waals surface area (Å²) in [5, 5.41) is 0.618. The third-order valence-electron chi connectivity index (χ3n) is 3.91. The Labute approximate surface area is 135 Å². The summed E-state index contributed by atoms with van der Waals surface area (Å²) in [6.45, 7) is 0.877. The molecule has 0 aliphatic heterocycles. The number of amides is 1. The Kier molecular flexibility index (Phi) is 5.56. The van der Waals surface area contributed by atoms with Crippen LogP contribution in [0.25, 0.3) is 0 Å². The van der Waals surface area contributed by atoms with Gasteiger partial charge < -0.3 is 11.5 Å². The molecule has 2 rings (SSSR count). The predicted molar refractivity (Wildman–Crippen MR) is 89.2 cm³/mol. The van der Waals surface area contributed by atoms with Crippen LogP contribution in [0.3, 0.4) is 0 Å². The molecule has 0 bridgehead atoms. The van der Waals surface area contributed by atoms with E-state index in [-0.39, 0.29) is 12.5 Å². The van der Waals surface area contributed by atoms with Gasteiger partial charge in [0.05, 0.1) is 6.54 Å². The van der Waals surface area contributed by atoms with Crippen LogP contribution in [0.2, 0.25) is 5.02 Å². The summed E-state index contributed by atoms with van der Waals surface area (Å²) in [4.78, 5) is 13.7. The number of thiocarbonyl (C=S) groups is 1. The fourth-order valence-corrected chi connectivity index (χ4v) is 3.20. The van der Waals surface area contributed by atoms with Crippen LogP contribution in [0.15, 0.2) is 18.2 Å². The lowest BCUT2D eigenvalue weighted by Crippen LogP contribution is -2.39. The number of nitrogens with two attached hydrogens (primary N) is 2. The lowest BCUT2D eigenvalue weighted by atomic mass is 10.1. The summed E-state index contributed by atoms with van der Waals surface area (Å²) >= 11 is 11.2. The zero-order valence-electron chi connectivity index (χ0n) is 11.8. The number of hydrogen-bond acceptors (Lipinski definition) is 3. The summed E-state index contributed by atoms with van der Waals surface area (Å²) in [7, 11) is 0. The van der Waals surface area contributed by atoms with E-state index in [1.54, 1.807) is 6.07 Å². The molecule has 1 aromatic rings. The maximum absolute atomic E-state index is 11.3. The van der Waals surface area contributed by atoms with E-state index in [0.717, 1.165) is 24.0 Å². The van der Waals surface area contributed by atoms with Crippen molar-refractivity contribution >= 4 is 34.7 Å². The van der Waals surface area contributed by atoms with Crippen molar-refractivity contribution in [3.05, 3.63) is 34.3 Å². The molecule has 4 nitrogen and oxygen atoms in total. The molecular weight excluding hydrogens is 306 g/mol. The quantitative estimate of drug-likeness (QED) is 0.786. The molecule has 1 aromatic carbocycles. The topological polar surface area (TPSA) is 72.4 Å². The van der Waals surface area contributed by atoms with Gasteiger partial charge in [-0.1, -0.05) is 48.8 Å². The number of carbonyl (C=O) groups excluding carboxylic acids is 1. The highest BCUT2D eigenvalue weighted by Gasteiger charge is 2.24. The lowest BCUT2D eigenvalue weighted by molar-refractivity contribution is -0.119. The molecule has 0 saturated heterocycles. The van der Waals surface area contributed by atoms with Crippen molar-refractivity contribution in [2.24, 2.45) is 11.5 Å². The van der Waals surface area contributed by atoms with Gasteiger partial charge in [0.15, 0.2) is 0 Å². The molecule has 1 saturated carbocycles. The largest absolute Gasteiger partial charge is 0.389 e. The maximum atomic E-state index is 11.3. The van der Waals surface area contributed by atoms with Gasteiger partial charge in [0.1, 0.15) is 4.99 Å². The van der Waals surface area contributed by atoms with Gasteiger partial charge in [-0.15, -0.1) is 0 Å². The van der Waals surface area contributed by atoms with Crippen molar-refractivity contribution in [3.63, 3.8) is 0 Å². The fraction of sp³-hybridized carbons (Fsp3) is 0.467. The summed E-state index contributed by atoms with van der Waals surface area (Å²) in [5.41, 5.74) is 12.7. The van der Waals surface area contributed by atoms with Crippen molar-refractivity contribution in [1.29, 1.82) is 0 Å². The molecule has 4 N–H and O–H groups in total. The number of benzene rings is 1. The molecule has 0 heterocycles. The molecule has 0 aromatic heterocycles. The van der Waals surface area contributed by atoms with Crippen LogP contribution >= 0.6 is 23.8 Å². The Morgan fingerprint density at radius 3 is 2.52 bits per heavy atom. The van der Waals surface area contributed by atoms with Crippen LogP contribution in [-0.2, 0) is 11.3 Å². The number of rotatable bonds is 6. The Bertz CT molecular complexity index is 544. The van der Waals surface area contributed by atoms with Gasteiger partial charge in [-0.05, 0) is 24.5 Å². The molecule has 1 fully saturated rings. The number of carbonyl (C=O) groups is 1. The van der Waals surface area contributed by atoms with E-state index in [1.807, 2.05) is 12.1 Å². The first-order valence-electron chi connectivity index (χ1n) is 7.08. The number of nitrogens with zero attached hydrogens (tertiary/aromatic N) is 1. The monoisotopic (exact) mass is 325 g/mol. The van der Waals surface area contributed by atoms with Crippen LogP contribution in [0.5, 0.6) is 0 Å². The number of halogens is 1. The SMILES string of the molecule is NC(=O)CN(Cc1ccc(C(N)=S)cc1Cl)C1CCCC1. The van der Waals surface area contributed by atoms with Crippen molar-refractivity contribution in [1.82, 2.24) is 4.90 Å². The summed E-state index contributed by atoms with van der Waals surface area (Å²) in [5.74, 6) is -0.308. The van der Waals surface area contributed by atoms with Crippen LogP contribution in [0, 0.1) is 0 Å². The normalized spacial score (nSPS) is 15.5. The highest BCUT2D eigenvalue weighted by Crippen LogP contribution is 2.27. The summed E-state index contributed by atoms with van der Waals surface area (Å²) < 4.78 is 0. The average molecular weight is 326 g/mol. The fourth-order valence-electron chi connectivity index (χ4n) is 2.83. The number of primary amides is 1. The molecule has 6 heteroatoms. The molecular formula is C15H20ClN3OS. The van der Waals surface area contributed by atoms with Gasteiger partial charge in [-0.2, -0.15) is 0 Å². The van der Waals surface area contributed by atoms with Crippen LogP contribution in [0.1, 0.15) is 36.8 Å². The molecule has 0 radical (unpaired) electrons. The minimum absolute atomic E-state index is 0.262. The first-order chi connectivity index (χ1) is 9.97. The van der Waals surface area contributed by atoms with Gasteiger partial charge >= 0.3 is 0 Å². The van der Waals surface area contributed by atoms with Crippen LogP contribution < -0.4 is 11.5 Å². The predicted octanol–water partition coefficient (Wildman–Crippen LogP) is 2.20. The molecule has 21 heavy (non-hydrogen) atoms. The third-order valence-corrected chi connectivity index (χ3v) is 4.50. The van der Waals surface area contributed by atoms with E-state index in [2.05, 4.69) is 4.90 Å². The molecule has 0 unspecified atom stereocenters. The third kappa shape index (κ3) is 4.40. The van der Waals surface area contributed by atoms with Gasteiger partial charge in [0, 0.05) is 23.2 Å². The van der Waals surface area contributed by atoms with Gasteiger partial charge in [-0.25, -0.2) is 0 Å². The molecule has 0 atom stereocenters. The second-order valence-electron chi connectivity index (χ2n) is 5.48. The highest BCUT2D eigenvalue weighted by atomic mass is 35.5. The zero-order valence-corrected chi connectivity index (χ0v) is 13.4. The second-order valence-corrected chi connectivity index (χ2v) is 6.33. The van der Waals surface area contributed by atoms with Crippen LogP contribution in [-0.4, -0.2) is 28.4 Å². The van der Waals surface area contributed by atoms with E-state index < -0.39 is 0 Å². The first kappa shape index (κ1) is 16.2. The molecule has 114 valence electrons. The highest BCUT2D eigenvalue weighted by molar-refractivity contribution is 7.80. The van der Waals surface area contributed by atoms with Crippen LogP contribution in [0.4, 0.5) is 0 Å². The second kappa shape index (κ2) is 7.20. The lowest BCUT2D eigenvalue weighted by Gasteiger charge is -2.28.